The molecule has 358 valence electrons. The number of hydrogen-bond acceptors (Lipinski definition) is 8. The van der Waals surface area contributed by atoms with Gasteiger partial charge in [0, 0.05) is 33.4 Å². The third kappa shape index (κ3) is 11.4. The molecule has 0 atom stereocenters. The van der Waals surface area contributed by atoms with Crippen LogP contribution in [0.1, 0.15) is 104 Å². The number of alkyl halides is 6. The van der Waals surface area contributed by atoms with E-state index >= 15 is 26.3 Å². The van der Waals surface area contributed by atoms with Crippen molar-refractivity contribution in [3.8, 4) is 11.1 Å². The van der Waals surface area contributed by atoms with Crippen molar-refractivity contribution in [2.75, 3.05) is 0 Å². The average Bonchev–Trinajstić information content (AvgIpc) is 3.93. The number of allylic oxidation sites excluding steroid dienone is 10. The molecule has 68 heavy (non-hydrogen) atoms. The van der Waals surface area contributed by atoms with Crippen LogP contribution in [0.5, 0.6) is 0 Å². The number of thiophene rings is 2. The third-order valence-electron chi connectivity index (χ3n) is 11.1. The van der Waals surface area contributed by atoms with E-state index in [1.807, 2.05) is 83.1 Å². The van der Waals surface area contributed by atoms with Crippen LogP contribution >= 0.6 is 45.9 Å². The van der Waals surface area contributed by atoms with E-state index in [0.29, 0.717) is 55.3 Å². The van der Waals surface area contributed by atoms with Gasteiger partial charge in [0.05, 0.1) is 30.9 Å². The first-order valence-electron chi connectivity index (χ1n) is 21.4. The molecule has 16 heteroatoms. The summed E-state index contributed by atoms with van der Waals surface area (Å²) in [4.78, 5) is 28.6. The van der Waals surface area contributed by atoms with Gasteiger partial charge in [-0.1, -0.05) is 118 Å². The molecule has 0 amide bonds. The summed E-state index contributed by atoms with van der Waals surface area (Å²) < 4.78 is 90.6. The van der Waals surface area contributed by atoms with Gasteiger partial charge >= 0.3 is 12.4 Å². The minimum absolute atomic E-state index is 0.142. The highest BCUT2D eigenvalue weighted by Crippen LogP contribution is 2.50. The summed E-state index contributed by atoms with van der Waals surface area (Å²) in [5, 5.41) is 19.9. The van der Waals surface area contributed by atoms with Crippen LogP contribution in [0.2, 0.25) is 10.0 Å². The first kappa shape index (κ1) is 52.4. The lowest BCUT2D eigenvalue weighted by molar-refractivity contribution is -0.139. The molecule has 0 unspecified atom stereocenters. The van der Waals surface area contributed by atoms with Gasteiger partial charge < -0.3 is 0 Å². The number of rotatable bonds is 7. The van der Waals surface area contributed by atoms with E-state index in [4.69, 9.17) is 23.2 Å². The Bertz CT molecular complexity index is 2670. The number of Topliss-reactive ketones (excluding diaryl/α,β-unsaturated/α-hetero) is 2. The molecule has 0 saturated heterocycles. The van der Waals surface area contributed by atoms with Gasteiger partial charge in [0.2, 0.25) is 0 Å². The molecular formula is C52H50Cl2F6N4O2S2. The van der Waals surface area contributed by atoms with E-state index in [2.05, 4.69) is 20.5 Å². The topological polar surface area (TPSA) is 83.6 Å². The highest BCUT2D eigenvalue weighted by atomic mass is 35.5. The molecule has 6 nitrogen and oxygen atoms in total. The second-order valence-electron chi connectivity index (χ2n) is 20.5. The monoisotopic (exact) mass is 1010 g/mol. The fraction of sp³-hybridized carbons (Fsp3) is 0.346. The van der Waals surface area contributed by atoms with Crippen LogP contribution in [0, 0.1) is 21.7 Å². The Balaban J connectivity index is 1.52. The quantitative estimate of drug-likeness (QED) is 0.136. The molecule has 2 aliphatic rings. The molecule has 2 aliphatic carbocycles. The van der Waals surface area contributed by atoms with Gasteiger partial charge in [0.25, 0.3) is 0 Å². The van der Waals surface area contributed by atoms with Crippen molar-refractivity contribution in [3.05, 3.63) is 148 Å². The number of benzene rings is 2. The van der Waals surface area contributed by atoms with Gasteiger partial charge in [-0.25, -0.2) is 0 Å². The van der Waals surface area contributed by atoms with E-state index in [9.17, 15) is 9.59 Å². The van der Waals surface area contributed by atoms with Crippen LogP contribution < -0.4 is 0 Å². The summed E-state index contributed by atoms with van der Waals surface area (Å²) >= 11 is 15.8. The molecular weight excluding hydrogens is 962 g/mol. The Morgan fingerprint density at radius 3 is 1.01 bits per heavy atom. The second-order valence-corrected chi connectivity index (χ2v) is 23.3. The summed E-state index contributed by atoms with van der Waals surface area (Å²) in [7, 11) is 0. The number of ketones is 2. The zero-order valence-corrected chi connectivity index (χ0v) is 42.7. The molecule has 0 N–H and O–H groups in total. The van der Waals surface area contributed by atoms with E-state index in [-0.39, 0.29) is 23.0 Å². The van der Waals surface area contributed by atoms with E-state index in [1.54, 1.807) is 59.3 Å². The predicted molar refractivity (Wildman–Crippen MR) is 264 cm³/mol. The number of hydrogen-bond donors (Lipinski definition) is 0. The SMILES string of the molecule is CC(C)(C)C1=CC(=C(N=Nc2cc(C(F)(F)F)c(-c3cc(Cl)c(N=NC(=C4C=C(C(C)(C)C)C(=O)C(C(C)(C)C)=C4)c4cccs4)cc3C(F)(F)F)cc2Cl)c2cccs2)C=C(C(C)(C)C)C1=O. The fourth-order valence-electron chi connectivity index (χ4n) is 7.48. The summed E-state index contributed by atoms with van der Waals surface area (Å²) in [6, 6.07) is 9.61. The highest BCUT2D eigenvalue weighted by Gasteiger charge is 2.41. The smallest absolute Gasteiger partial charge is 0.289 e. The van der Waals surface area contributed by atoms with Crippen molar-refractivity contribution in [2.24, 2.45) is 42.1 Å². The minimum Gasteiger partial charge on any atom is -0.289 e. The predicted octanol–water partition coefficient (Wildman–Crippen LogP) is 18.9. The van der Waals surface area contributed by atoms with E-state index < -0.39 is 77.7 Å². The zero-order valence-electron chi connectivity index (χ0n) is 39.5. The van der Waals surface area contributed by atoms with Crippen molar-refractivity contribution < 1.29 is 35.9 Å². The fourth-order valence-corrected chi connectivity index (χ4v) is 9.35. The largest absolute Gasteiger partial charge is 0.417 e. The number of azo groups is 2. The molecule has 2 aromatic carbocycles. The number of carbonyl (C=O) groups is 2. The summed E-state index contributed by atoms with van der Waals surface area (Å²) in [6.45, 7) is 22.7. The highest BCUT2D eigenvalue weighted by molar-refractivity contribution is 7.11. The van der Waals surface area contributed by atoms with E-state index in [0.717, 1.165) is 12.1 Å². The van der Waals surface area contributed by atoms with Crippen LogP contribution in [-0.2, 0) is 21.9 Å². The molecule has 0 spiro atoms. The van der Waals surface area contributed by atoms with Gasteiger partial charge in [0.15, 0.2) is 11.6 Å². The van der Waals surface area contributed by atoms with Crippen molar-refractivity contribution in [1.29, 1.82) is 0 Å². The maximum absolute atomic E-state index is 15.1. The normalized spacial score (nSPS) is 15.9. The maximum Gasteiger partial charge on any atom is 0.417 e. The van der Waals surface area contributed by atoms with Crippen LogP contribution in [0.15, 0.2) is 137 Å². The lowest BCUT2D eigenvalue weighted by atomic mass is 9.71. The summed E-state index contributed by atoms with van der Waals surface area (Å²) in [5.74, 6) is -0.283. The van der Waals surface area contributed by atoms with Gasteiger partial charge in [0.1, 0.15) is 22.8 Å². The molecule has 4 aromatic rings. The van der Waals surface area contributed by atoms with Crippen molar-refractivity contribution in [2.45, 2.75) is 95.4 Å². The molecule has 2 heterocycles. The van der Waals surface area contributed by atoms with Crippen LogP contribution in [0.25, 0.3) is 22.5 Å². The average molecular weight is 1010 g/mol. The molecule has 2 aromatic heterocycles. The summed E-state index contributed by atoms with van der Waals surface area (Å²) in [6.07, 6.45) is -3.65. The third-order valence-corrected chi connectivity index (χ3v) is 13.4. The van der Waals surface area contributed by atoms with Crippen LogP contribution in [0.4, 0.5) is 37.7 Å². The zero-order chi connectivity index (χ0) is 50.7. The van der Waals surface area contributed by atoms with Gasteiger partial charge in [-0.05, 0) is 104 Å². The first-order chi connectivity index (χ1) is 31.2. The minimum atomic E-state index is -5.21. The summed E-state index contributed by atoms with van der Waals surface area (Å²) in [5.41, 5.74) is -4.63. The van der Waals surface area contributed by atoms with Gasteiger partial charge in [-0.2, -0.15) is 26.3 Å². The molecule has 0 aliphatic heterocycles. The van der Waals surface area contributed by atoms with Crippen LogP contribution in [0.3, 0.4) is 0 Å². The second kappa shape index (κ2) is 18.7. The van der Waals surface area contributed by atoms with Crippen molar-refractivity contribution >= 4 is 80.2 Å². The molecule has 6 rings (SSSR count). The molecule has 0 saturated carbocycles. The molecule has 0 fully saturated rings. The van der Waals surface area contributed by atoms with Crippen LogP contribution in [-0.4, -0.2) is 11.6 Å². The Morgan fingerprint density at radius 1 is 0.485 bits per heavy atom. The molecule has 0 radical (unpaired) electrons. The van der Waals surface area contributed by atoms with Gasteiger partial charge in [-0.15, -0.1) is 43.1 Å². The number of halogens is 8. The maximum atomic E-state index is 15.1. The Kier molecular flexibility index (Phi) is 14.4. The Hall–Kier alpha value is -5.02. The molecule has 0 bridgehead atoms. The lowest BCUT2D eigenvalue weighted by Gasteiger charge is -2.31. The van der Waals surface area contributed by atoms with Crippen molar-refractivity contribution in [1.82, 2.24) is 0 Å². The standard InChI is InChI=1S/C52H50Cl2F6N4O2S2/c1-47(2,3)33-19-27(20-34(45(33)65)48(4,5)6)43(41-15-13-17-67-41)63-61-39-25-31(51(55,56)57)29(23-37(39)53)30-24-38(54)40(26-32(30)52(58,59)60)62-64-44(42-16-14-18-68-42)28-21-35(49(7,8)9)46(66)36(22-28)50(10,11)12/h13-26H,1-12H3. The van der Waals surface area contributed by atoms with Gasteiger partial charge in [-0.3, -0.25) is 9.59 Å². The first-order valence-corrected chi connectivity index (χ1v) is 23.9. The number of nitrogens with zero attached hydrogens (tertiary/aromatic N) is 4. The Morgan fingerprint density at radius 2 is 0.779 bits per heavy atom. The Labute approximate surface area is 410 Å². The van der Waals surface area contributed by atoms with Crippen molar-refractivity contribution in [3.63, 3.8) is 0 Å². The number of carbonyl (C=O) groups excluding carboxylic acids is 2. The lowest BCUT2D eigenvalue weighted by Crippen LogP contribution is -2.28. The van der Waals surface area contributed by atoms with E-state index in [1.165, 1.54) is 22.7 Å².